The largest absolute Gasteiger partial charge is 0.396 e. The summed E-state index contributed by atoms with van der Waals surface area (Å²) in [7, 11) is 0. The Bertz CT molecular complexity index is 1290. The average Bonchev–Trinajstić information content (AvgIpc) is 3.17. The Morgan fingerprint density at radius 1 is 1.16 bits per heavy atom. The molecule has 8 heteroatoms. The van der Waals surface area contributed by atoms with Gasteiger partial charge in [-0.25, -0.2) is 15.0 Å². The summed E-state index contributed by atoms with van der Waals surface area (Å²) >= 11 is 3.17. The highest BCUT2D eigenvalue weighted by Crippen LogP contribution is 2.44. The molecule has 4 heterocycles. The number of nitrogens with one attached hydrogen (secondary N) is 1. The molecule has 3 aromatic heterocycles. The average molecular weight is 467 g/mol. The van der Waals surface area contributed by atoms with Gasteiger partial charge in [0, 0.05) is 36.1 Å². The molecule has 0 atom stereocenters. The number of thiophene rings is 1. The first-order valence-corrected chi connectivity index (χ1v) is 12.8. The van der Waals surface area contributed by atoms with Crippen LogP contribution in [0.4, 0.5) is 5.82 Å². The van der Waals surface area contributed by atoms with Crippen molar-refractivity contribution in [1.29, 1.82) is 0 Å². The van der Waals surface area contributed by atoms with Gasteiger partial charge in [-0.15, -0.1) is 11.3 Å². The van der Waals surface area contributed by atoms with Gasteiger partial charge in [0.15, 0.2) is 5.16 Å². The van der Waals surface area contributed by atoms with Gasteiger partial charge in [-0.05, 0) is 32.1 Å². The van der Waals surface area contributed by atoms with Gasteiger partial charge in [-0.2, -0.15) is 0 Å². The summed E-state index contributed by atoms with van der Waals surface area (Å²) in [6, 6.07) is 10.3. The second-order valence-electron chi connectivity index (χ2n) is 8.53. The maximum atomic E-state index is 9.20. The summed E-state index contributed by atoms with van der Waals surface area (Å²) in [6.45, 7) is 5.63. The van der Waals surface area contributed by atoms with Crippen LogP contribution >= 0.6 is 23.1 Å². The highest BCUT2D eigenvalue weighted by Gasteiger charge is 2.32. The van der Waals surface area contributed by atoms with Gasteiger partial charge in [0.05, 0.1) is 28.1 Å². The number of pyridine rings is 1. The molecule has 0 saturated carbocycles. The summed E-state index contributed by atoms with van der Waals surface area (Å²) in [5, 5.41) is 14.5. The molecule has 166 valence electrons. The van der Waals surface area contributed by atoms with Gasteiger partial charge in [0.1, 0.15) is 10.6 Å². The van der Waals surface area contributed by atoms with Crippen LogP contribution in [0.15, 0.2) is 35.5 Å². The fourth-order valence-corrected chi connectivity index (χ4v) is 5.66. The number of aliphatic hydroxyl groups excluding tert-OH is 1. The minimum absolute atomic E-state index is 0.146. The lowest BCUT2D eigenvalue weighted by Crippen LogP contribution is -2.32. The maximum absolute atomic E-state index is 9.20. The van der Waals surface area contributed by atoms with E-state index in [9.17, 15) is 5.11 Å². The first-order valence-electron chi connectivity index (χ1n) is 10.7. The summed E-state index contributed by atoms with van der Waals surface area (Å²) in [4.78, 5) is 15.8. The van der Waals surface area contributed by atoms with Crippen LogP contribution in [0.2, 0.25) is 0 Å². The number of rotatable bonds is 6. The molecule has 32 heavy (non-hydrogen) atoms. The van der Waals surface area contributed by atoms with Crippen LogP contribution in [-0.2, 0) is 17.8 Å². The summed E-state index contributed by atoms with van der Waals surface area (Å²) < 4.78 is 7.23. The maximum Gasteiger partial charge on any atom is 0.189 e. The highest BCUT2D eigenvalue weighted by atomic mass is 32.2. The Labute approximate surface area is 195 Å². The molecule has 0 spiro atoms. The van der Waals surface area contributed by atoms with E-state index in [0.29, 0.717) is 19.6 Å². The van der Waals surface area contributed by atoms with E-state index in [1.54, 1.807) is 11.3 Å². The van der Waals surface area contributed by atoms with Crippen LogP contribution in [0, 0.1) is 0 Å². The molecule has 0 aliphatic carbocycles. The normalized spacial score (nSPS) is 15.2. The molecule has 0 amide bonds. The van der Waals surface area contributed by atoms with Crippen LogP contribution < -0.4 is 5.32 Å². The van der Waals surface area contributed by atoms with Gasteiger partial charge in [0.25, 0.3) is 0 Å². The minimum atomic E-state index is -0.249. The quantitative estimate of drug-likeness (QED) is 0.227. The Balaban J connectivity index is 1.81. The second-order valence-corrected chi connectivity index (χ2v) is 10.3. The van der Waals surface area contributed by atoms with E-state index >= 15 is 0 Å². The van der Waals surface area contributed by atoms with E-state index in [-0.39, 0.29) is 12.2 Å². The van der Waals surface area contributed by atoms with Crippen molar-refractivity contribution in [1.82, 2.24) is 15.0 Å². The van der Waals surface area contributed by atoms with E-state index < -0.39 is 0 Å². The van der Waals surface area contributed by atoms with E-state index in [4.69, 9.17) is 19.7 Å². The van der Waals surface area contributed by atoms with Crippen molar-refractivity contribution in [3.63, 3.8) is 0 Å². The summed E-state index contributed by atoms with van der Waals surface area (Å²) in [6.07, 6.45) is 3.46. The minimum Gasteiger partial charge on any atom is -0.396 e. The molecule has 4 aromatic rings. The fourth-order valence-electron chi connectivity index (χ4n) is 4.19. The number of benzene rings is 1. The number of hydrogen-bond donors (Lipinski definition) is 2. The molecule has 2 N–H and O–H groups in total. The molecule has 0 fully saturated rings. The van der Waals surface area contributed by atoms with Gasteiger partial charge in [-0.3, -0.25) is 0 Å². The standard InChI is InChI=1S/C24H26N4O2S2/c1-24(2)12-15-16(13-30-24)18(14-8-5-4-6-9-14)26-22-17(15)19-20(32-22)21(25-10-7-11-29)28-23(27-19)31-3/h4-6,8-9,29H,7,10-13H2,1-3H3,(H,25,27,28). The number of hydrogen-bond acceptors (Lipinski definition) is 8. The Morgan fingerprint density at radius 2 is 1.97 bits per heavy atom. The fraction of sp³-hybridized carbons (Fsp3) is 0.375. The van der Waals surface area contributed by atoms with Crippen molar-refractivity contribution in [2.45, 2.75) is 44.1 Å². The van der Waals surface area contributed by atoms with Crippen molar-refractivity contribution >= 4 is 49.3 Å². The lowest BCUT2D eigenvalue weighted by atomic mass is 9.88. The second kappa shape index (κ2) is 8.59. The smallest absolute Gasteiger partial charge is 0.189 e. The van der Waals surface area contributed by atoms with Crippen molar-refractivity contribution in [2.24, 2.45) is 0 Å². The third-order valence-corrected chi connectivity index (χ3v) is 7.35. The number of ether oxygens (including phenoxy) is 1. The third-order valence-electron chi connectivity index (χ3n) is 5.73. The number of thioether (sulfide) groups is 1. The van der Waals surface area contributed by atoms with Gasteiger partial charge in [-0.1, -0.05) is 42.1 Å². The number of anilines is 1. The first kappa shape index (κ1) is 21.6. The zero-order valence-corrected chi connectivity index (χ0v) is 20.1. The summed E-state index contributed by atoms with van der Waals surface area (Å²) in [5.74, 6) is 0.817. The van der Waals surface area contributed by atoms with Gasteiger partial charge in [0.2, 0.25) is 0 Å². The van der Waals surface area contributed by atoms with Crippen molar-refractivity contribution < 1.29 is 9.84 Å². The molecule has 1 aromatic carbocycles. The third kappa shape index (κ3) is 3.85. The summed E-state index contributed by atoms with van der Waals surface area (Å²) in [5.41, 5.74) is 5.23. The molecular formula is C24H26N4O2S2. The van der Waals surface area contributed by atoms with E-state index in [1.807, 2.05) is 24.5 Å². The Hall–Kier alpha value is -2.26. The van der Waals surface area contributed by atoms with E-state index in [1.165, 1.54) is 17.3 Å². The molecule has 6 nitrogen and oxygen atoms in total. The number of aromatic nitrogens is 3. The molecule has 0 radical (unpaired) electrons. The number of fused-ring (bicyclic) bond motifs is 5. The van der Waals surface area contributed by atoms with Gasteiger partial charge < -0.3 is 15.2 Å². The monoisotopic (exact) mass is 466 g/mol. The predicted molar refractivity (Wildman–Crippen MR) is 133 cm³/mol. The van der Waals surface area contributed by atoms with E-state index in [0.717, 1.165) is 54.6 Å². The predicted octanol–water partition coefficient (Wildman–Crippen LogP) is 5.27. The van der Waals surface area contributed by atoms with E-state index in [2.05, 4.69) is 31.3 Å². The SMILES string of the molecule is CSc1nc(NCCCO)c2sc3nc(-c4ccccc4)c4c(c3c2n1)CC(C)(C)OC4. The molecule has 1 aliphatic heterocycles. The number of nitrogens with zero attached hydrogens (tertiary/aromatic N) is 3. The topological polar surface area (TPSA) is 80.2 Å². The number of aliphatic hydroxyl groups is 1. The zero-order valence-electron chi connectivity index (χ0n) is 18.4. The van der Waals surface area contributed by atoms with Crippen LogP contribution in [0.25, 0.3) is 31.7 Å². The van der Waals surface area contributed by atoms with Crippen LogP contribution in [0.3, 0.4) is 0 Å². The highest BCUT2D eigenvalue weighted by molar-refractivity contribution is 7.98. The van der Waals surface area contributed by atoms with Crippen molar-refractivity contribution in [3.8, 4) is 11.3 Å². The lowest BCUT2D eigenvalue weighted by Gasteiger charge is -2.33. The molecular weight excluding hydrogens is 440 g/mol. The van der Waals surface area contributed by atoms with Crippen LogP contribution in [0.5, 0.6) is 0 Å². The molecule has 0 bridgehead atoms. The lowest BCUT2D eigenvalue weighted by molar-refractivity contribution is -0.0394. The Morgan fingerprint density at radius 3 is 2.72 bits per heavy atom. The Kier molecular flexibility index (Phi) is 5.79. The molecule has 0 unspecified atom stereocenters. The van der Waals surface area contributed by atoms with Crippen molar-refractivity contribution in [3.05, 3.63) is 41.5 Å². The van der Waals surface area contributed by atoms with Crippen molar-refractivity contribution in [2.75, 3.05) is 24.7 Å². The van der Waals surface area contributed by atoms with Crippen LogP contribution in [0.1, 0.15) is 31.4 Å². The molecule has 0 saturated heterocycles. The zero-order chi connectivity index (χ0) is 22.3. The van der Waals surface area contributed by atoms with Crippen LogP contribution in [-0.4, -0.2) is 45.1 Å². The molecule has 1 aliphatic rings. The first-order chi connectivity index (χ1) is 15.5. The van der Waals surface area contributed by atoms with Gasteiger partial charge >= 0.3 is 0 Å². The molecule has 5 rings (SSSR count).